The van der Waals surface area contributed by atoms with E-state index in [0.29, 0.717) is 6.61 Å². The van der Waals surface area contributed by atoms with E-state index >= 15 is 0 Å². The van der Waals surface area contributed by atoms with E-state index in [4.69, 9.17) is 4.52 Å². The lowest BCUT2D eigenvalue weighted by molar-refractivity contribution is 0.316. The number of benzene rings is 2. The fraction of sp³-hybridized carbons (Fsp3) is 0.0667. The fourth-order valence-corrected chi connectivity index (χ4v) is 3.69. The second kappa shape index (κ2) is 4.56. The van der Waals surface area contributed by atoms with Gasteiger partial charge in [-0.25, -0.2) is 0 Å². The predicted molar refractivity (Wildman–Crippen MR) is 73.9 cm³/mol. The first kappa shape index (κ1) is 11.5. The minimum Gasteiger partial charge on any atom is -0.318 e. The van der Waals surface area contributed by atoms with Crippen molar-refractivity contribution in [2.45, 2.75) is 6.61 Å². The van der Waals surface area contributed by atoms with Crippen molar-refractivity contribution in [2.24, 2.45) is 0 Å². The fourth-order valence-electron chi connectivity index (χ4n) is 2.01. The van der Waals surface area contributed by atoms with Crippen LogP contribution in [-0.4, -0.2) is 0 Å². The van der Waals surface area contributed by atoms with Gasteiger partial charge >= 0.3 is 0 Å². The van der Waals surface area contributed by atoms with E-state index in [0.717, 1.165) is 16.4 Å². The Morgan fingerprint density at radius 2 is 1.67 bits per heavy atom. The van der Waals surface area contributed by atoms with Crippen molar-refractivity contribution in [3.63, 3.8) is 0 Å². The maximum absolute atomic E-state index is 12.8. The molecule has 1 atom stereocenters. The number of hydrogen-bond donors (Lipinski definition) is 0. The summed E-state index contributed by atoms with van der Waals surface area (Å²) >= 11 is 0. The van der Waals surface area contributed by atoms with E-state index in [1.807, 2.05) is 60.7 Å². The minimum atomic E-state index is -2.87. The summed E-state index contributed by atoms with van der Waals surface area (Å²) in [6.45, 7) is 0.384. The first-order valence-electron chi connectivity index (χ1n) is 5.85. The second-order valence-corrected chi connectivity index (χ2v) is 6.49. The second-order valence-electron chi connectivity index (χ2n) is 4.22. The summed E-state index contributed by atoms with van der Waals surface area (Å²) in [4.78, 5) is 0. The van der Waals surface area contributed by atoms with Gasteiger partial charge in [0.05, 0.1) is 6.61 Å². The van der Waals surface area contributed by atoms with Crippen LogP contribution >= 0.6 is 7.37 Å². The molecular weight excluding hydrogens is 243 g/mol. The van der Waals surface area contributed by atoms with Gasteiger partial charge in [0.15, 0.2) is 0 Å². The molecule has 2 nitrogen and oxygen atoms in total. The third-order valence-electron chi connectivity index (χ3n) is 3.03. The van der Waals surface area contributed by atoms with Crippen molar-refractivity contribution >= 4 is 18.7 Å². The molecule has 0 spiro atoms. The largest absolute Gasteiger partial charge is 0.318 e. The molecule has 90 valence electrons. The average Bonchev–Trinajstić information content (AvgIpc) is 2.61. The summed E-state index contributed by atoms with van der Waals surface area (Å²) in [5.74, 6) is 1.70. The van der Waals surface area contributed by atoms with Crippen LogP contribution in [-0.2, 0) is 15.7 Å². The summed E-state index contributed by atoms with van der Waals surface area (Å²) in [6.07, 6.45) is 1.90. The molecule has 0 saturated heterocycles. The van der Waals surface area contributed by atoms with Crippen LogP contribution in [0.1, 0.15) is 11.1 Å². The van der Waals surface area contributed by atoms with Crippen molar-refractivity contribution in [3.8, 4) is 0 Å². The van der Waals surface area contributed by atoms with E-state index in [2.05, 4.69) is 0 Å². The minimum absolute atomic E-state index is 0.384. The molecular formula is C15H13O2P. The van der Waals surface area contributed by atoms with Crippen LogP contribution in [0.25, 0.3) is 6.08 Å². The van der Waals surface area contributed by atoms with Crippen molar-refractivity contribution in [1.29, 1.82) is 0 Å². The Balaban J connectivity index is 2.02. The molecule has 18 heavy (non-hydrogen) atoms. The molecule has 1 aliphatic rings. The zero-order valence-corrected chi connectivity index (χ0v) is 10.7. The van der Waals surface area contributed by atoms with Crippen LogP contribution in [0.3, 0.4) is 0 Å². The number of hydrogen-bond acceptors (Lipinski definition) is 2. The summed E-state index contributed by atoms with van der Waals surface area (Å²) in [5, 5.41) is 0.744. The molecule has 0 aromatic heterocycles. The Morgan fingerprint density at radius 1 is 0.944 bits per heavy atom. The highest BCUT2D eigenvalue weighted by Crippen LogP contribution is 2.50. The number of rotatable bonds is 1. The van der Waals surface area contributed by atoms with E-state index < -0.39 is 7.37 Å². The van der Waals surface area contributed by atoms with Crippen LogP contribution < -0.4 is 5.30 Å². The molecule has 0 amide bonds. The Labute approximate surface area is 106 Å². The zero-order chi connectivity index (χ0) is 12.4. The normalized spacial score (nSPS) is 22.2. The van der Waals surface area contributed by atoms with Gasteiger partial charge < -0.3 is 4.52 Å². The lowest BCUT2D eigenvalue weighted by Crippen LogP contribution is -2.04. The van der Waals surface area contributed by atoms with Gasteiger partial charge in [-0.3, -0.25) is 4.57 Å². The summed E-state index contributed by atoms with van der Waals surface area (Å²) in [7, 11) is -2.87. The molecule has 0 bridgehead atoms. The lowest BCUT2D eigenvalue weighted by atomic mass is 10.1. The smallest absolute Gasteiger partial charge is 0.254 e. The zero-order valence-electron chi connectivity index (χ0n) is 9.82. The summed E-state index contributed by atoms with van der Waals surface area (Å²) in [6, 6.07) is 17.3. The van der Waals surface area contributed by atoms with Crippen molar-refractivity contribution < 1.29 is 9.09 Å². The topological polar surface area (TPSA) is 26.3 Å². The van der Waals surface area contributed by atoms with Crippen LogP contribution in [0.4, 0.5) is 0 Å². The average molecular weight is 256 g/mol. The lowest BCUT2D eigenvalue weighted by Gasteiger charge is -2.13. The van der Waals surface area contributed by atoms with Gasteiger partial charge in [-0.15, -0.1) is 0 Å². The predicted octanol–water partition coefficient (Wildman–Crippen LogP) is 3.79. The highest BCUT2D eigenvalue weighted by molar-refractivity contribution is 7.70. The molecule has 1 heterocycles. The number of fused-ring (bicyclic) bond motifs is 1. The third-order valence-corrected chi connectivity index (χ3v) is 5.11. The maximum Gasteiger partial charge on any atom is 0.254 e. The Bertz CT molecular complexity index is 632. The van der Waals surface area contributed by atoms with E-state index in [-0.39, 0.29) is 0 Å². The molecule has 1 aliphatic heterocycles. The molecule has 2 aromatic carbocycles. The van der Waals surface area contributed by atoms with E-state index in [9.17, 15) is 4.57 Å². The first-order valence-corrected chi connectivity index (χ1v) is 7.54. The molecule has 0 radical (unpaired) electrons. The highest BCUT2D eigenvalue weighted by Gasteiger charge is 2.24. The van der Waals surface area contributed by atoms with Crippen LogP contribution in [0.15, 0.2) is 60.4 Å². The maximum atomic E-state index is 12.8. The first-order chi connectivity index (χ1) is 8.78. The molecule has 0 N–H and O–H groups in total. The van der Waals surface area contributed by atoms with Gasteiger partial charge in [-0.2, -0.15) is 0 Å². The molecule has 0 fully saturated rings. The molecule has 3 heteroatoms. The van der Waals surface area contributed by atoms with Crippen LogP contribution in [0.5, 0.6) is 0 Å². The summed E-state index contributed by atoms with van der Waals surface area (Å²) < 4.78 is 18.5. The third kappa shape index (κ3) is 2.05. The van der Waals surface area contributed by atoms with Crippen molar-refractivity contribution in [1.82, 2.24) is 0 Å². The van der Waals surface area contributed by atoms with Gasteiger partial charge in [0.25, 0.3) is 7.37 Å². The van der Waals surface area contributed by atoms with E-state index in [1.54, 1.807) is 5.82 Å². The van der Waals surface area contributed by atoms with Gasteiger partial charge in [0, 0.05) is 11.1 Å². The molecule has 3 rings (SSSR count). The highest BCUT2D eigenvalue weighted by atomic mass is 31.2. The van der Waals surface area contributed by atoms with E-state index in [1.165, 1.54) is 0 Å². The van der Waals surface area contributed by atoms with Gasteiger partial charge in [0.2, 0.25) is 0 Å². The standard InChI is InChI=1S/C15H13O2P/c16-18(15-8-2-1-3-9-15)11-10-13-6-4-5-7-14(13)12-17-18/h1-11H,12H2. The van der Waals surface area contributed by atoms with Crippen molar-refractivity contribution in [2.75, 3.05) is 0 Å². The Hall–Kier alpha value is -1.63. The summed E-state index contributed by atoms with van der Waals surface area (Å²) in [5.41, 5.74) is 2.15. The van der Waals surface area contributed by atoms with Crippen molar-refractivity contribution in [3.05, 3.63) is 71.5 Å². The monoisotopic (exact) mass is 256 g/mol. The molecule has 0 saturated carbocycles. The van der Waals surface area contributed by atoms with Gasteiger partial charge in [0.1, 0.15) is 0 Å². The SMILES string of the molecule is O=P1(c2ccccc2)C=Cc2ccccc2CO1. The molecule has 1 unspecified atom stereocenters. The Morgan fingerprint density at radius 3 is 2.50 bits per heavy atom. The molecule has 0 aliphatic carbocycles. The molecule has 2 aromatic rings. The Kier molecular flexibility index (Phi) is 2.91. The van der Waals surface area contributed by atoms with Gasteiger partial charge in [-0.05, 0) is 29.3 Å². The van der Waals surface area contributed by atoms with Crippen LogP contribution in [0, 0.1) is 0 Å². The quantitative estimate of drug-likeness (QED) is 0.725. The van der Waals surface area contributed by atoms with Gasteiger partial charge in [-0.1, -0.05) is 42.5 Å². The van der Waals surface area contributed by atoms with Crippen LogP contribution in [0.2, 0.25) is 0 Å².